The molecule has 18 nitrogen and oxygen atoms in total. The number of hydrogen-bond donors (Lipinski definition) is 9. The number of aliphatic carboxylic acids is 1. The van der Waals surface area contributed by atoms with Crippen molar-refractivity contribution in [3.63, 3.8) is 0 Å². The third-order valence-electron chi connectivity index (χ3n) is 8.57. The number of urea groups is 1. The third-order valence-corrected chi connectivity index (χ3v) is 11.7. The van der Waals surface area contributed by atoms with Crippen molar-refractivity contribution < 1.29 is 41.1 Å². The molecule has 316 valence electrons. The van der Waals surface area contributed by atoms with E-state index >= 15 is 0 Å². The highest BCUT2D eigenvalue weighted by atomic mass is 32.2. The Kier molecular flexibility index (Phi) is 16.1. The number of H-pyrrole nitrogens is 1. The quantitative estimate of drug-likeness (QED) is 0.0572. The van der Waals surface area contributed by atoms with E-state index in [0.717, 1.165) is 0 Å². The van der Waals surface area contributed by atoms with E-state index in [9.17, 15) is 41.1 Å². The van der Waals surface area contributed by atoms with E-state index in [1.54, 1.807) is 6.20 Å². The second kappa shape index (κ2) is 20.7. The van der Waals surface area contributed by atoms with Gasteiger partial charge in [0, 0.05) is 36.2 Å². The molecule has 0 radical (unpaired) electrons. The fourth-order valence-electron chi connectivity index (χ4n) is 5.70. The number of carboxylic acid groups (broad SMARTS) is 1. The van der Waals surface area contributed by atoms with E-state index in [1.807, 2.05) is 20.8 Å². The molecule has 3 amide bonds. The number of rotatable bonds is 20. The minimum absolute atomic E-state index is 0.0227. The molecule has 1 unspecified atom stereocenters. The van der Waals surface area contributed by atoms with Gasteiger partial charge in [-0.25, -0.2) is 31.3 Å². The second-order valence-electron chi connectivity index (χ2n) is 13.7. The number of aromatic amines is 1. The minimum Gasteiger partial charge on any atom is -0.481 e. The molecule has 4 aromatic rings. The molecule has 59 heavy (non-hydrogen) atoms. The van der Waals surface area contributed by atoms with E-state index in [1.165, 1.54) is 86.0 Å². The summed E-state index contributed by atoms with van der Waals surface area (Å²) < 4.78 is 58.6. The first-order chi connectivity index (χ1) is 27.9. The highest BCUT2D eigenvalue weighted by Gasteiger charge is 2.28. The van der Waals surface area contributed by atoms with Crippen molar-refractivity contribution in [2.45, 2.75) is 74.9 Å². The van der Waals surface area contributed by atoms with E-state index in [0.29, 0.717) is 24.3 Å². The Hall–Kier alpha value is -5.90. The summed E-state index contributed by atoms with van der Waals surface area (Å²) in [5.41, 5.74) is 1.33. The SMILES string of the molecule is CCCNC(=O)Nc1cccc(S(=O)(=O)Nc2cccc(C(CC(=O)O)NS(=O)(=O)c3ccc(NC(=S)N[C@@H](Cc4c[nH]cn4)C(=O)N[C@H](C(C)=O)C(C)C)cc3)c2)c1. The van der Waals surface area contributed by atoms with Crippen LogP contribution in [0.15, 0.2) is 95.1 Å². The van der Waals surface area contributed by atoms with E-state index < -0.39 is 62.5 Å². The van der Waals surface area contributed by atoms with Gasteiger partial charge in [0.2, 0.25) is 15.9 Å². The Morgan fingerprint density at radius 1 is 0.847 bits per heavy atom. The van der Waals surface area contributed by atoms with Gasteiger partial charge >= 0.3 is 12.0 Å². The van der Waals surface area contributed by atoms with Gasteiger partial charge in [0.05, 0.1) is 40.3 Å². The average Bonchev–Trinajstić information content (AvgIpc) is 3.68. The van der Waals surface area contributed by atoms with Gasteiger partial charge in [-0.1, -0.05) is 39.0 Å². The summed E-state index contributed by atoms with van der Waals surface area (Å²) >= 11 is 5.46. The van der Waals surface area contributed by atoms with Crippen molar-refractivity contribution in [1.29, 1.82) is 0 Å². The highest BCUT2D eigenvalue weighted by molar-refractivity contribution is 7.92. The largest absolute Gasteiger partial charge is 0.481 e. The smallest absolute Gasteiger partial charge is 0.319 e. The molecule has 0 bridgehead atoms. The predicted octanol–water partition coefficient (Wildman–Crippen LogP) is 3.86. The maximum atomic E-state index is 13.6. The third kappa shape index (κ3) is 13.9. The number of carbonyl (C=O) groups is 4. The first-order valence-corrected chi connectivity index (χ1v) is 21.7. The Balaban J connectivity index is 1.46. The maximum Gasteiger partial charge on any atom is 0.319 e. The Labute approximate surface area is 347 Å². The molecule has 4 rings (SSSR count). The first-order valence-electron chi connectivity index (χ1n) is 18.3. The summed E-state index contributed by atoms with van der Waals surface area (Å²) in [5.74, 6) is -2.17. The molecule has 3 atom stereocenters. The highest BCUT2D eigenvalue weighted by Crippen LogP contribution is 2.26. The Morgan fingerprint density at radius 2 is 1.54 bits per heavy atom. The van der Waals surface area contributed by atoms with Crippen LogP contribution >= 0.6 is 12.2 Å². The number of amides is 3. The molecule has 0 saturated heterocycles. The lowest BCUT2D eigenvalue weighted by atomic mass is 10.00. The van der Waals surface area contributed by atoms with Crippen molar-refractivity contribution in [3.8, 4) is 0 Å². The van der Waals surface area contributed by atoms with Crippen LogP contribution in [-0.2, 0) is 40.9 Å². The molecule has 0 spiro atoms. The summed E-state index contributed by atoms with van der Waals surface area (Å²) in [6, 6.07) is 13.1. The molecule has 0 saturated carbocycles. The predicted molar refractivity (Wildman–Crippen MR) is 226 cm³/mol. The average molecular weight is 870 g/mol. The fraction of sp³-hybridized carbons (Fsp3) is 0.316. The molecule has 1 aromatic heterocycles. The minimum atomic E-state index is -4.35. The summed E-state index contributed by atoms with van der Waals surface area (Å²) in [7, 11) is -8.57. The van der Waals surface area contributed by atoms with Crippen molar-refractivity contribution in [1.82, 2.24) is 30.6 Å². The van der Waals surface area contributed by atoms with Gasteiger partial charge in [-0.15, -0.1) is 0 Å². The lowest BCUT2D eigenvalue weighted by Crippen LogP contribution is -2.54. The number of anilines is 3. The number of thiocarbonyl (C=S) groups is 1. The van der Waals surface area contributed by atoms with Gasteiger partial charge in [0.25, 0.3) is 10.0 Å². The van der Waals surface area contributed by atoms with Crippen LogP contribution in [0.2, 0.25) is 0 Å². The number of imidazole rings is 1. The molecule has 3 aromatic carbocycles. The summed E-state index contributed by atoms with van der Waals surface area (Å²) in [6.45, 7) is 7.33. The van der Waals surface area contributed by atoms with Gasteiger partial charge < -0.3 is 36.7 Å². The van der Waals surface area contributed by atoms with E-state index in [-0.39, 0.29) is 50.0 Å². The number of carboxylic acids is 1. The zero-order valence-corrected chi connectivity index (χ0v) is 35.1. The summed E-state index contributed by atoms with van der Waals surface area (Å²) in [5, 5.41) is 23.5. The maximum absolute atomic E-state index is 13.6. The molecular formula is C38H47N9O9S3. The van der Waals surface area contributed by atoms with Gasteiger partial charge in [0.15, 0.2) is 10.9 Å². The number of sulfonamides is 2. The molecule has 9 N–H and O–H groups in total. The molecule has 0 aliphatic heterocycles. The standard InChI is InChI=1S/C38H47N9O9S3/c1-5-16-40-37(52)42-27-9-7-11-31(18-27)59(55,56)46-28-10-6-8-25(17-28)32(20-34(49)50)47-58(53,54)30-14-12-26(13-15-30)43-38(57)44-33(19-29-21-39-22-41-29)36(51)45-35(23(2)3)24(4)48/h6-15,17-18,21-23,32-33,35,46-47H,5,16,19-20H2,1-4H3,(H,39,41)(H,45,51)(H,49,50)(H2,40,42,52)(H2,43,44,57)/t32?,33-,35-/m0/s1. The van der Waals surface area contributed by atoms with Crippen molar-refractivity contribution in [2.75, 3.05) is 21.9 Å². The summed E-state index contributed by atoms with van der Waals surface area (Å²) in [6.07, 6.45) is 3.24. The molecular weight excluding hydrogens is 823 g/mol. The number of benzene rings is 3. The lowest BCUT2D eigenvalue weighted by molar-refractivity contribution is -0.137. The number of aromatic nitrogens is 2. The van der Waals surface area contributed by atoms with Crippen molar-refractivity contribution in [3.05, 3.63) is 96.6 Å². The van der Waals surface area contributed by atoms with E-state index in [4.69, 9.17) is 12.2 Å². The van der Waals surface area contributed by atoms with Crippen molar-refractivity contribution in [2.24, 2.45) is 5.92 Å². The normalized spacial score (nSPS) is 13.0. The zero-order valence-electron chi connectivity index (χ0n) is 32.6. The Bertz CT molecular complexity index is 2340. The number of carbonyl (C=O) groups excluding carboxylic acids is 3. The number of nitrogens with zero attached hydrogens (tertiary/aromatic N) is 1. The zero-order chi connectivity index (χ0) is 43.3. The molecule has 0 aliphatic carbocycles. The topological polar surface area (TPSA) is 270 Å². The van der Waals surface area contributed by atoms with Crippen LogP contribution in [0.1, 0.15) is 57.8 Å². The molecule has 21 heteroatoms. The fourth-order valence-corrected chi connectivity index (χ4v) is 8.28. The van der Waals surface area contributed by atoms with Crippen LogP contribution in [0.25, 0.3) is 0 Å². The van der Waals surface area contributed by atoms with Crippen LogP contribution in [-0.4, -0.2) is 79.3 Å². The van der Waals surface area contributed by atoms with Gasteiger partial charge in [-0.3, -0.25) is 19.1 Å². The first kappa shape index (κ1) is 45.8. The van der Waals surface area contributed by atoms with Crippen molar-refractivity contribution >= 4 is 78.1 Å². The van der Waals surface area contributed by atoms with Gasteiger partial charge in [0.1, 0.15) is 6.04 Å². The monoisotopic (exact) mass is 869 g/mol. The molecule has 0 aliphatic rings. The van der Waals surface area contributed by atoms with Crippen LogP contribution in [0.5, 0.6) is 0 Å². The van der Waals surface area contributed by atoms with Crippen LogP contribution < -0.4 is 36.0 Å². The number of Topliss-reactive ketones (excluding diaryl/α,β-unsaturated/α-hetero) is 1. The lowest BCUT2D eigenvalue weighted by Gasteiger charge is -2.25. The number of ketones is 1. The van der Waals surface area contributed by atoms with Gasteiger partial charge in [-0.2, -0.15) is 0 Å². The summed E-state index contributed by atoms with van der Waals surface area (Å²) in [4.78, 5) is 56.0. The molecule has 1 heterocycles. The van der Waals surface area contributed by atoms with Gasteiger partial charge in [-0.05, 0) is 91.6 Å². The Morgan fingerprint density at radius 3 is 2.17 bits per heavy atom. The number of nitrogens with one attached hydrogen (secondary N) is 8. The van der Waals surface area contributed by atoms with E-state index in [2.05, 4.69) is 46.0 Å². The second-order valence-corrected chi connectivity index (χ2v) is 17.5. The van der Waals surface area contributed by atoms with Crippen LogP contribution in [0.3, 0.4) is 0 Å². The van der Waals surface area contributed by atoms with Crippen LogP contribution in [0.4, 0.5) is 21.9 Å². The number of hydrogen-bond acceptors (Lipinski definition) is 10. The van der Waals surface area contributed by atoms with Crippen LogP contribution in [0, 0.1) is 5.92 Å². The molecule has 0 fully saturated rings.